The van der Waals surface area contributed by atoms with Gasteiger partial charge in [-0.1, -0.05) is 48.0 Å². The lowest BCUT2D eigenvalue weighted by Gasteiger charge is -2.19. The van der Waals surface area contributed by atoms with Gasteiger partial charge in [-0.25, -0.2) is 13.1 Å². The van der Waals surface area contributed by atoms with Gasteiger partial charge < -0.3 is 10.1 Å². The first-order chi connectivity index (χ1) is 14.4. The number of methoxy groups -OCH3 is 1. The molecule has 0 spiro atoms. The SMILES string of the molecule is COc1ccc(C(CC(=O)Nc2ccccc2)NS(=O)(=O)c2ccc(C)cc2)cc1. The Bertz CT molecular complexity index is 1080. The molecule has 6 nitrogen and oxygen atoms in total. The zero-order chi connectivity index (χ0) is 21.6. The molecule has 3 rings (SSSR count). The Morgan fingerprint density at radius 3 is 2.17 bits per heavy atom. The molecule has 3 aromatic carbocycles. The Hall–Kier alpha value is -3.16. The van der Waals surface area contributed by atoms with Crippen LogP contribution in [0.15, 0.2) is 83.8 Å². The van der Waals surface area contributed by atoms with E-state index < -0.39 is 16.1 Å². The molecule has 0 aliphatic heterocycles. The first-order valence-electron chi connectivity index (χ1n) is 9.45. The van der Waals surface area contributed by atoms with Crippen molar-refractivity contribution in [2.45, 2.75) is 24.3 Å². The molecule has 2 N–H and O–H groups in total. The molecule has 1 atom stereocenters. The first-order valence-corrected chi connectivity index (χ1v) is 10.9. The van der Waals surface area contributed by atoms with Crippen LogP contribution in [-0.4, -0.2) is 21.4 Å². The Morgan fingerprint density at radius 2 is 1.57 bits per heavy atom. The van der Waals surface area contributed by atoms with Gasteiger partial charge in [0.1, 0.15) is 5.75 Å². The maximum absolute atomic E-state index is 12.9. The maximum Gasteiger partial charge on any atom is 0.241 e. The Kier molecular flexibility index (Phi) is 6.87. The second kappa shape index (κ2) is 9.56. The van der Waals surface area contributed by atoms with Crippen LogP contribution in [0, 0.1) is 6.92 Å². The highest BCUT2D eigenvalue weighted by Gasteiger charge is 2.24. The summed E-state index contributed by atoms with van der Waals surface area (Å²) < 4.78 is 33.7. The summed E-state index contributed by atoms with van der Waals surface area (Å²) in [5.41, 5.74) is 2.27. The molecule has 0 saturated heterocycles. The Balaban J connectivity index is 1.84. The molecule has 0 saturated carbocycles. The topological polar surface area (TPSA) is 84.5 Å². The summed E-state index contributed by atoms with van der Waals surface area (Å²) in [7, 11) is -2.26. The quantitative estimate of drug-likeness (QED) is 0.571. The summed E-state index contributed by atoms with van der Waals surface area (Å²) >= 11 is 0. The number of amides is 1. The number of ether oxygens (including phenoxy) is 1. The smallest absolute Gasteiger partial charge is 0.241 e. The van der Waals surface area contributed by atoms with Crippen LogP contribution >= 0.6 is 0 Å². The Morgan fingerprint density at radius 1 is 0.933 bits per heavy atom. The number of sulfonamides is 1. The minimum Gasteiger partial charge on any atom is -0.497 e. The van der Waals surface area contributed by atoms with Crippen molar-refractivity contribution < 1.29 is 17.9 Å². The summed E-state index contributed by atoms with van der Waals surface area (Å²) in [6, 6.07) is 21.8. The zero-order valence-electron chi connectivity index (χ0n) is 16.8. The fourth-order valence-corrected chi connectivity index (χ4v) is 4.18. The van der Waals surface area contributed by atoms with Gasteiger partial charge in [-0.15, -0.1) is 0 Å². The number of rotatable bonds is 8. The highest BCUT2D eigenvalue weighted by Crippen LogP contribution is 2.24. The van der Waals surface area contributed by atoms with Gasteiger partial charge in [-0.2, -0.15) is 0 Å². The van der Waals surface area contributed by atoms with Crippen molar-refractivity contribution in [3.8, 4) is 5.75 Å². The number of hydrogen-bond donors (Lipinski definition) is 2. The van der Waals surface area contributed by atoms with Gasteiger partial charge in [0.15, 0.2) is 0 Å². The zero-order valence-corrected chi connectivity index (χ0v) is 17.6. The third kappa shape index (κ3) is 5.68. The average Bonchev–Trinajstić information content (AvgIpc) is 2.74. The van der Waals surface area contributed by atoms with Crippen LogP contribution in [0.4, 0.5) is 5.69 Å². The molecule has 0 aliphatic rings. The van der Waals surface area contributed by atoms with Gasteiger partial charge in [0, 0.05) is 12.1 Å². The van der Waals surface area contributed by atoms with Gasteiger partial charge in [-0.3, -0.25) is 4.79 Å². The first kappa shape index (κ1) is 21.5. The van der Waals surface area contributed by atoms with Crippen molar-refractivity contribution in [3.63, 3.8) is 0 Å². The van der Waals surface area contributed by atoms with Gasteiger partial charge in [0.05, 0.1) is 18.0 Å². The van der Waals surface area contributed by atoms with Crippen molar-refractivity contribution >= 4 is 21.6 Å². The molecule has 0 fully saturated rings. The molecule has 0 bridgehead atoms. The molecule has 156 valence electrons. The lowest BCUT2D eigenvalue weighted by atomic mass is 10.0. The van der Waals surface area contributed by atoms with Gasteiger partial charge >= 0.3 is 0 Å². The molecule has 1 amide bonds. The van der Waals surface area contributed by atoms with Crippen molar-refractivity contribution in [2.75, 3.05) is 12.4 Å². The molecule has 0 radical (unpaired) electrons. The van der Waals surface area contributed by atoms with Crippen molar-refractivity contribution in [1.29, 1.82) is 0 Å². The van der Waals surface area contributed by atoms with Gasteiger partial charge in [0.25, 0.3) is 0 Å². The molecule has 3 aromatic rings. The van der Waals surface area contributed by atoms with E-state index in [1.165, 1.54) is 0 Å². The van der Waals surface area contributed by atoms with Crippen LogP contribution in [-0.2, 0) is 14.8 Å². The van der Waals surface area contributed by atoms with E-state index in [2.05, 4.69) is 10.0 Å². The van der Waals surface area contributed by atoms with E-state index in [-0.39, 0.29) is 17.2 Å². The molecule has 30 heavy (non-hydrogen) atoms. The number of hydrogen-bond acceptors (Lipinski definition) is 4. The number of para-hydroxylation sites is 1. The largest absolute Gasteiger partial charge is 0.497 e. The van der Waals surface area contributed by atoms with E-state index in [0.29, 0.717) is 17.0 Å². The second-order valence-electron chi connectivity index (χ2n) is 6.88. The third-order valence-corrected chi connectivity index (χ3v) is 6.08. The molecule has 0 heterocycles. The van der Waals surface area contributed by atoms with E-state index in [4.69, 9.17) is 4.74 Å². The fraction of sp³-hybridized carbons (Fsp3) is 0.174. The summed E-state index contributed by atoms with van der Waals surface area (Å²) in [6.45, 7) is 1.89. The number of carbonyl (C=O) groups is 1. The molecule has 0 aliphatic carbocycles. The van der Waals surface area contributed by atoms with Crippen LogP contribution in [0.2, 0.25) is 0 Å². The number of benzene rings is 3. The van der Waals surface area contributed by atoms with Crippen LogP contribution in [0.1, 0.15) is 23.6 Å². The number of anilines is 1. The van der Waals surface area contributed by atoms with E-state index in [1.807, 2.05) is 25.1 Å². The monoisotopic (exact) mass is 424 g/mol. The molecule has 1 unspecified atom stereocenters. The summed E-state index contributed by atoms with van der Waals surface area (Å²) in [6.07, 6.45) is -0.0632. The van der Waals surface area contributed by atoms with Crippen molar-refractivity contribution in [1.82, 2.24) is 4.72 Å². The lowest BCUT2D eigenvalue weighted by Crippen LogP contribution is -2.31. The average molecular weight is 425 g/mol. The van der Waals surface area contributed by atoms with Crippen molar-refractivity contribution in [3.05, 3.63) is 90.0 Å². The predicted octanol–water partition coefficient (Wildman–Crippen LogP) is 4.05. The Labute approximate surface area is 177 Å². The number of carbonyl (C=O) groups excluding carboxylic acids is 1. The van der Waals surface area contributed by atoms with E-state index in [0.717, 1.165) is 5.56 Å². The predicted molar refractivity (Wildman–Crippen MR) is 117 cm³/mol. The maximum atomic E-state index is 12.9. The standard InChI is InChI=1S/C23H24N2O4S/c1-17-8-14-21(15-9-17)30(27,28)25-22(18-10-12-20(29-2)13-11-18)16-23(26)24-19-6-4-3-5-7-19/h3-15,22,25H,16H2,1-2H3,(H,24,26). The fourth-order valence-electron chi connectivity index (χ4n) is 2.96. The van der Waals surface area contributed by atoms with Crippen LogP contribution < -0.4 is 14.8 Å². The van der Waals surface area contributed by atoms with E-state index in [9.17, 15) is 13.2 Å². The lowest BCUT2D eigenvalue weighted by molar-refractivity contribution is -0.116. The van der Waals surface area contributed by atoms with E-state index >= 15 is 0 Å². The van der Waals surface area contributed by atoms with Gasteiger partial charge in [0.2, 0.25) is 15.9 Å². The van der Waals surface area contributed by atoms with Crippen molar-refractivity contribution in [2.24, 2.45) is 0 Å². The normalized spacial score (nSPS) is 12.2. The van der Waals surface area contributed by atoms with Crippen LogP contribution in [0.25, 0.3) is 0 Å². The molecule has 7 heteroatoms. The minimum atomic E-state index is -3.82. The van der Waals surface area contributed by atoms with E-state index in [1.54, 1.807) is 67.8 Å². The summed E-state index contributed by atoms with van der Waals surface area (Å²) in [4.78, 5) is 12.8. The molecule has 0 aromatic heterocycles. The van der Waals surface area contributed by atoms with Crippen LogP contribution in [0.3, 0.4) is 0 Å². The highest BCUT2D eigenvalue weighted by molar-refractivity contribution is 7.89. The number of aryl methyl sites for hydroxylation is 1. The highest BCUT2D eigenvalue weighted by atomic mass is 32.2. The number of nitrogens with one attached hydrogen (secondary N) is 2. The van der Waals surface area contributed by atoms with Gasteiger partial charge in [-0.05, 0) is 48.9 Å². The summed E-state index contributed by atoms with van der Waals surface area (Å²) in [5, 5.41) is 2.80. The molecular formula is C23H24N2O4S. The third-order valence-electron chi connectivity index (χ3n) is 4.59. The second-order valence-corrected chi connectivity index (χ2v) is 8.59. The van der Waals surface area contributed by atoms with Crippen LogP contribution in [0.5, 0.6) is 5.75 Å². The summed E-state index contributed by atoms with van der Waals surface area (Å²) in [5.74, 6) is 0.348. The minimum absolute atomic E-state index is 0.0632. The molecular weight excluding hydrogens is 400 g/mol.